The summed E-state index contributed by atoms with van der Waals surface area (Å²) >= 11 is 0. The zero-order chi connectivity index (χ0) is 13.5. The summed E-state index contributed by atoms with van der Waals surface area (Å²) in [6.45, 7) is 0.663. The molecule has 0 aromatic heterocycles. The van der Waals surface area contributed by atoms with Gasteiger partial charge in [0, 0.05) is 18.2 Å². The van der Waals surface area contributed by atoms with E-state index >= 15 is 0 Å². The molecule has 0 radical (unpaired) electrons. The van der Waals surface area contributed by atoms with Gasteiger partial charge < -0.3 is 26.0 Å². The van der Waals surface area contributed by atoms with Crippen molar-refractivity contribution in [2.24, 2.45) is 11.5 Å². The Morgan fingerprint density at radius 2 is 1.68 bits per heavy atom. The van der Waals surface area contributed by atoms with Crippen LogP contribution in [0.3, 0.4) is 0 Å². The van der Waals surface area contributed by atoms with Gasteiger partial charge in [-0.15, -0.1) is 12.4 Å². The Kier molecular flexibility index (Phi) is 8.30. The summed E-state index contributed by atoms with van der Waals surface area (Å²) in [4.78, 5) is 0. The van der Waals surface area contributed by atoms with E-state index in [9.17, 15) is 5.11 Å². The highest BCUT2D eigenvalue weighted by molar-refractivity contribution is 5.85. The SMILES string of the molecule is COc1cc(O)cc(OC)c1[C@H](N)CCCCN.Cl. The van der Waals surface area contributed by atoms with Crippen LogP contribution in [0.25, 0.3) is 0 Å². The highest BCUT2D eigenvalue weighted by Gasteiger charge is 2.18. The van der Waals surface area contributed by atoms with Crippen molar-refractivity contribution in [2.45, 2.75) is 25.3 Å². The first-order chi connectivity index (χ1) is 8.63. The van der Waals surface area contributed by atoms with E-state index in [0.29, 0.717) is 18.0 Å². The van der Waals surface area contributed by atoms with Crippen LogP contribution in [0.4, 0.5) is 0 Å². The van der Waals surface area contributed by atoms with E-state index in [-0.39, 0.29) is 24.2 Å². The lowest BCUT2D eigenvalue weighted by Crippen LogP contribution is -2.13. The fourth-order valence-electron chi connectivity index (χ4n) is 1.94. The van der Waals surface area contributed by atoms with Crippen LogP contribution < -0.4 is 20.9 Å². The van der Waals surface area contributed by atoms with Gasteiger partial charge in [-0.3, -0.25) is 0 Å². The lowest BCUT2D eigenvalue weighted by Gasteiger charge is -2.19. The minimum atomic E-state index is -0.193. The Labute approximate surface area is 120 Å². The molecule has 19 heavy (non-hydrogen) atoms. The average molecular weight is 291 g/mol. The van der Waals surface area contributed by atoms with E-state index in [4.69, 9.17) is 20.9 Å². The molecule has 0 aliphatic rings. The predicted octanol–water partition coefficient (Wildman–Crippen LogP) is 1.96. The number of phenols is 1. The molecule has 0 saturated heterocycles. The fourth-order valence-corrected chi connectivity index (χ4v) is 1.94. The quantitative estimate of drug-likeness (QED) is 0.668. The highest BCUT2D eigenvalue weighted by Crippen LogP contribution is 2.38. The second-order valence-corrected chi connectivity index (χ2v) is 4.15. The third kappa shape index (κ3) is 4.78. The van der Waals surface area contributed by atoms with Crippen LogP contribution in [-0.4, -0.2) is 25.9 Å². The first kappa shape index (κ1) is 17.8. The van der Waals surface area contributed by atoms with Crippen molar-refractivity contribution in [3.63, 3.8) is 0 Å². The second-order valence-electron chi connectivity index (χ2n) is 4.15. The molecule has 0 spiro atoms. The normalized spacial score (nSPS) is 11.6. The number of halogens is 1. The summed E-state index contributed by atoms with van der Waals surface area (Å²) in [5, 5.41) is 9.56. The van der Waals surface area contributed by atoms with Crippen LogP contribution in [0.1, 0.15) is 30.9 Å². The van der Waals surface area contributed by atoms with Crippen molar-refractivity contribution in [2.75, 3.05) is 20.8 Å². The third-order valence-electron chi connectivity index (χ3n) is 2.87. The van der Waals surface area contributed by atoms with Crippen molar-refractivity contribution < 1.29 is 14.6 Å². The van der Waals surface area contributed by atoms with Gasteiger partial charge in [-0.1, -0.05) is 6.42 Å². The number of hydrogen-bond acceptors (Lipinski definition) is 5. The smallest absolute Gasteiger partial charge is 0.131 e. The standard InChI is InChI=1S/C13H22N2O3.ClH/c1-17-11-7-9(16)8-12(18-2)13(11)10(15)5-3-4-6-14;/h7-8,10,16H,3-6,14-15H2,1-2H3;1H/t10-;/m1./s1. The maximum absolute atomic E-state index is 9.56. The first-order valence-corrected chi connectivity index (χ1v) is 6.04. The molecule has 5 N–H and O–H groups in total. The third-order valence-corrected chi connectivity index (χ3v) is 2.87. The lowest BCUT2D eigenvalue weighted by atomic mass is 9.99. The topological polar surface area (TPSA) is 90.7 Å². The average Bonchev–Trinajstić information content (AvgIpc) is 2.37. The molecular weight excluding hydrogens is 268 g/mol. The van der Waals surface area contributed by atoms with E-state index in [1.54, 1.807) is 26.4 Å². The van der Waals surface area contributed by atoms with Gasteiger partial charge in [-0.05, 0) is 19.4 Å². The highest BCUT2D eigenvalue weighted by atomic mass is 35.5. The Morgan fingerprint density at radius 3 is 2.11 bits per heavy atom. The molecule has 0 bridgehead atoms. The number of unbranched alkanes of at least 4 members (excludes halogenated alkanes) is 1. The summed E-state index contributed by atoms with van der Waals surface area (Å²) in [6, 6.07) is 2.89. The van der Waals surface area contributed by atoms with E-state index in [1.165, 1.54) is 0 Å². The number of aromatic hydroxyl groups is 1. The summed E-state index contributed by atoms with van der Waals surface area (Å²) < 4.78 is 10.5. The van der Waals surface area contributed by atoms with Crippen molar-refractivity contribution in [3.8, 4) is 17.2 Å². The van der Waals surface area contributed by atoms with Crippen molar-refractivity contribution in [1.82, 2.24) is 0 Å². The molecule has 6 heteroatoms. The summed E-state index contributed by atoms with van der Waals surface area (Å²) in [5.74, 6) is 1.20. The van der Waals surface area contributed by atoms with Gasteiger partial charge in [-0.2, -0.15) is 0 Å². The summed E-state index contributed by atoms with van der Waals surface area (Å²) in [6.07, 6.45) is 2.69. The number of hydrogen-bond donors (Lipinski definition) is 3. The molecule has 0 amide bonds. The van der Waals surface area contributed by atoms with Crippen LogP contribution in [0.2, 0.25) is 0 Å². The van der Waals surface area contributed by atoms with E-state index in [2.05, 4.69) is 0 Å². The predicted molar refractivity (Wildman–Crippen MR) is 78.3 cm³/mol. The number of phenolic OH excluding ortho intramolecular Hbond substituents is 1. The van der Waals surface area contributed by atoms with Gasteiger partial charge in [0.25, 0.3) is 0 Å². The number of benzene rings is 1. The van der Waals surface area contributed by atoms with Gasteiger partial charge in [0.1, 0.15) is 17.2 Å². The second kappa shape index (κ2) is 8.85. The largest absolute Gasteiger partial charge is 0.508 e. The molecule has 0 aliphatic carbocycles. The molecule has 0 saturated carbocycles. The van der Waals surface area contributed by atoms with E-state index in [0.717, 1.165) is 24.8 Å². The Hall–Kier alpha value is -1.17. The van der Waals surface area contributed by atoms with E-state index in [1.807, 2.05) is 0 Å². The minimum absolute atomic E-state index is 0. The Bertz CT molecular complexity index is 363. The van der Waals surface area contributed by atoms with Crippen LogP contribution >= 0.6 is 12.4 Å². The van der Waals surface area contributed by atoms with Gasteiger partial charge in [0.2, 0.25) is 0 Å². The monoisotopic (exact) mass is 290 g/mol. The summed E-state index contributed by atoms with van der Waals surface area (Å²) in [5.41, 5.74) is 12.4. The number of methoxy groups -OCH3 is 2. The van der Waals surface area contributed by atoms with Gasteiger partial charge in [0.05, 0.1) is 19.8 Å². The molecule has 1 rings (SSSR count). The molecule has 0 aliphatic heterocycles. The zero-order valence-corrected chi connectivity index (χ0v) is 12.2. The van der Waals surface area contributed by atoms with Crippen LogP contribution in [-0.2, 0) is 0 Å². The first-order valence-electron chi connectivity index (χ1n) is 6.04. The zero-order valence-electron chi connectivity index (χ0n) is 11.4. The molecular formula is C13H23ClN2O3. The van der Waals surface area contributed by atoms with E-state index < -0.39 is 0 Å². The lowest BCUT2D eigenvalue weighted by molar-refractivity contribution is 0.368. The number of ether oxygens (including phenoxy) is 2. The molecule has 1 aromatic rings. The Balaban J connectivity index is 0.00000324. The van der Waals surface area contributed by atoms with Gasteiger partial charge >= 0.3 is 0 Å². The van der Waals surface area contributed by atoms with Crippen LogP contribution in [0.15, 0.2) is 12.1 Å². The number of nitrogens with two attached hydrogens (primary N) is 2. The molecule has 0 heterocycles. The molecule has 1 atom stereocenters. The van der Waals surface area contributed by atoms with Gasteiger partial charge in [-0.25, -0.2) is 0 Å². The van der Waals surface area contributed by atoms with Crippen molar-refractivity contribution >= 4 is 12.4 Å². The summed E-state index contributed by atoms with van der Waals surface area (Å²) in [7, 11) is 3.09. The van der Waals surface area contributed by atoms with Crippen molar-refractivity contribution in [3.05, 3.63) is 17.7 Å². The molecule has 0 fully saturated rings. The minimum Gasteiger partial charge on any atom is -0.508 e. The molecule has 5 nitrogen and oxygen atoms in total. The van der Waals surface area contributed by atoms with Crippen LogP contribution in [0, 0.1) is 0 Å². The molecule has 0 unspecified atom stereocenters. The maximum atomic E-state index is 9.56. The molecule has 1 aromatic carbocycles. The molecule has 110 valence electrons. The fraction of sp³-hybridized carbons (Fsp3) is 0.538. The van der Waals surface area contributed by atoms with Crippen LogP contribution in [0.5, 0.6) is 17.2 Å². The van der Waals surface area contributed by atoms with Crippen molar-refractivity contribution in [1.29, 1.82) is 0 Å². The number of rotatable bonds is 7. The van der Waals surface area contributed by atoms with Gasteiger partial charge in [0.15, 0.2) is 0 Å². The maximum Gasteiger partial charge on any atom is 0.131 e. The Morgan fingerprint density at radius 1 is 1.16 bits per heavy atom.